The number of hydrogen-bond donors (Lipinski definition) is 0. The van der Waals surface area contributed by atoms with Crippen molar-refractivity contribution in [2.75, 3.05) is 0 Å². The Morgan fingerprint density at radius 3 is 2.37 bits per heavy atom. The van der Waals surface area contributed by atoms with Gasteiger partial charge in [-0.1, -0.05) is 15.9 Å². The fourth-order valence-corrected chi connectivity index (χ4v) is 1.81. The van der Waals surface area contributed by atoms with Crippen molar-refractivity contribution in [3.05, 3.63) is 57.8 Å². The number of benzene rings is 2. The van der Waals surface area contributed by atoms with E-state index in [0.29, 0.717) is 6.29 Å². The van der Waals surface area contributed by atoms with Crippen molar-refractivity contribution in [2.45, 2.75) is 0 Å². The van der Waals surface area contributed by atoms with Gasteiger partial charge in [0.15, 0.2) is 23.1 Å². The highest BCUT2D eigenvalue weighted by Gasteiger charge is 2.14. The highest BCUT2D eigenvalue weighted by molar-refractivity contribution is 9.10. The molecule has 0 atom stereocenters. The first-order valence-electron chi connectivity index (χ1n) is 5.08. The first kappa shape index (κ1) is 13.6. The molecule has 0 bridgehead atoms. The second kappa shape index (κ2) is 5.44. The zero-order valence-corrected chi connectivity index (χ0v) is 10.9. The van der Waals surface area contributed by atoms with E-state index < -0.39 is 23.2 Å². The van der Waals surface area contributed by atoms with E-state index in [9.17, 15) is 18.0 Å². The molecule has 0 aliphatic heterocycles. The van der Waals surface area contributed by atoms with Gasteiger partial charge >= 0.3 is 0 Å². The molecule has 0 saturated carbocycles. The molecular weight excluding hydrogens is 325 g/mol. The predicted octanol–water partition coefficient (Wildman–Crippen LogP) is 4.47. The molecule has 2 aromatic rings. The van der Waals surface area contributed by atoms with Crippen LogP contribution in [0.25, 0.3) is 0 Å². The van der Waals surface area contributed by atoms with E-state index >= 15 is 0 Å². The zero-order valence-electron chi connectivity index (χ0n) is 9.29. The third kappa shape index (κ3) is 2.96. The Bertz CT molecular complexity index is 644. The van der Waals surface area contributed by atoms with Crippen molar-refractivity contribution in [1.29, 1.82) is 0 Å². The van der Waals surface area contributed by atoms with Crippen molar-refractivity contribution >= 4 is 22.2 Å². The standard InChI is InChI=1S/C13H6BrF3O2/c14-8-4-10(16)13(17)12(5-8)19-11-2-1-7(6-18)3-9(11)15/h1-6H. The van der Waals surface area contributed by atoms with Crippen LogP contribution in [0.5, 0.6) is 11.5 Å². The molecule has 0 heterocycles. The molecule has 19 heavy (non-hydrogen) atoms. The predicted molar refractivity (Wildman–Crippen MR) is 65.9 cm³/mol. The van der Waals surface area contributed by atoms with Crippen LogP contribution in [0.1, 0.15) is 10.4 Å². The molecule has 0 aliphatic rings. The number of carbonyl (C=O) groups excluding carboxylic acids is 1. The summed E-state index contributed by atoms with van der Waals surface area (Å²) in [6.07, 6.45) is 0.465. The van der Waals surface area contributed by atoms with Gasteiger partial charge in [-0.3, -0.25) is 4.79 Å². The van der Waals surface area contributed by atoms with E-state index in [1.54, 1.807) is 0 Å². The van der Waals surface area contributed by atoms with Crippen molar-refractivity contribution in [2.24, 2.45) is 0 Å². The number of ether oxygens (including phenoxy) is 1. The summed E-state index contributed by atoms with van der Waals surface area (Å²) in [7, 11) is 0. The molecule has 0 aromatic heterocycles. The number of halogens is 4. The summed E-state index contributed by atoms with van der Waals surface area (Å²) >= 11 is 2.98. The maximum Gasteiger partial charge on any atom is 0.201 e. The molecule has 0 aliphatic carbocycles. The van der Waals surface area contributed by atoms with Gasteiger partial charge in [-0.05, 0) is 30.3 Å². The first-order chi connectivity index (χ1) is 9.01. The van der Waals surface area contributed by atoms with Crippen molar-refractivity contribution in [1.82, 2.24) is 0 Å². The molecule has 6 heteroatoms. The third-order valence-corrected chi connectivity index (χ3v) is 2.73. The van der Waals surface area contributed by atoms with Crippen molar-refractivity contribution < 1.29 is 22.7 Å². The van der Waals surface area contributed by atoms with E-state index in [1.165, 1.54) is 12.1 Å². The number of rotatable bonds is 3. The van der Waals surface area contributed by atoms with Gasteiger partial charge in [-0.15, -0.1) is 0 Å². The second-order valence-corrected chi connectivity index (χ2v) is 4.53. The summed E-state index contributed by atoms with van der Waals surface area (Å²) in [6, 6.07) is 5.50. The fourth-order valence-electron chi connectivity index (χ4n) is 1.40. The summed E-state index contributed by atoms with van der Waals surface area (Å²) in [4.78, 5) is 10.4. The molecule has 2 aromatic carbocycles. The molecule has 0 radical (unpaired) electrons. The Morgan fingerprint density at radius 1 is 1.00 bits per heavy atom. The van der Waals surface area contributed by atoms with Crippen LogP contribution in [0.4, 0.5) is 13.2 Å². The quantitative estimate of drug-likeness (QED) is 0.613. The van der Waals surface area contributed by atoms with E-state index in [2.05, 4.69) is 15.9 Å². The van der Waals surface area contributed by atoms with E-state index in [0.717, 1.165) is 18.2 Å². The van der Waals surface area contributed by atoms with Gasteiger partial charge in [-0.25, -0.2) is 8.78 Å². The highest BCUT2D eigenvalue weighted by Crippen LogP contribution is 2.31. The Balaban J connectivity index is 2.39. The monoisotopic (exact) mass is 330 g/mol. The van der Waals surface area contributed by atoms with Crippen LogP contribution in [0.15, 0.2) is 34.8 Å². The summed E-state index contributed by atoms with van der Waals surface area (Å²) < 4.78 is 45.3. The lowest BCUT2D eigenvalue weighted by atomic mass is 10.2. The van der Waals surface area contributed by atoms with E-state index in [4.69, 9.17) is 4.74 Å². The summed E-state index contributed by atoms with van der Waals surface area (Å²) in [5, 5.41) is 0. The van der Waals surface area contributed by atoms with Gasteiger partial charge in [0.25, 0.3) is 0 Å². The summed E-state index contributed by atoms with van der Waals surface area (Å²) in [6.45, 7) is 0. The average Bonchev–Trinajstić information content (AvgIpc) is 2.37. The Hall–Kier alpha value is -1.82. The SMILES string of the molecule is O=Cc1ccc(Oc2cc(Br)cc(F)c2F)c(F)c1. The lowest BCUT2D eigenvalue weighted by Gasteiger charge is -2.09. The van der Waals surface area contributed by atoms with Gasteiger partial charge in [0.1, 0.15) is 6.29 Å². The van der Waals surface area contributed by atoms with Gasteiger partial charge in [0, 0.05) is 10.0 Å². The molecule has 0 fully saturated rings. The fraction of sp³-hybridized carbons (Fsp3) is 0. The maximum absolute atomic E-state index is 13.5. The van der Waals surface area contributed by atoms with Crippen LogP contribution < -0.4 is 4.74 Å². The molecule has 0 N–H and O–H groups in total. The van der Waals surface area contributed by atoms with E-state index in [1.807, 2.05) is 0 Å². The van der Waals surface area contributed by atoms with Gasteiger partial charge in [-0.2, -0.15) is 4.39 Å². The van der Waals surface area contributed by atoms with Crippen molar-refractivity contribution in [3.63, 3.8) is 0 Å². The summed E-state index contributed by atoms with van der Waals surface area (Å²) in [5.41, 5.74) is 0.116. The Labute approximate surface area is 114 Å². The minimum absolute atomic E-state index is 0.116. The van der Waals surface area contributed by atoms with Crippen LogP contribution in [0.2, 0.25) is 0 Å². The highest BCUT2D eigenvalue weighted by atomic mass is 79.9. The van der Waals surface area contributed by atoms with Crippen LogP contribution in [0, 0.1) is 17.5 Å². The third-order valence-electron chi connectivity index (χ3n) is 2.27. The van der Waals surface area contributed by atoms with Crippen molar-refractivity contribution in [3.8, 4) is 11.5 Å². The number of hydrogen-bond acceptors (Lipinski definition) is 2. The minimum Gasteiger partial charge on any atom is -0.451 e. The van der Waals surface area contributed by atoms with Crippen LogP contribution in [-0.4, -0.2) is 6.29 Å². The normalized spacial score (nSPS) is 10.3. The molecule has 2 rings (SSSR count). The Morgan fingerprint density at radius 2 is 1.74 bits per heavy atom. The molecule has 0 saturated heterocycles. The topological polar surface area (TPSA) is 26.3 Å². The summed E-state index contributed by atoms with van der Waals surface area (Å²) in [5.74, 6) is -3.94. The minimum atomic E-state index is -1.22. The molecule has 0 spiro atoms. The van der Waals surface area contributed by atoms with Gasteiger partial charge < -0.3 is 4.74 Å². The molecule has 2 nitrogen and oxygen atoms in total. The van der Waals surface area contributed by atoms with E-state index in [-0.39, 0.29) is 15.8 Å². The molecular formula is C13H6BrF3O2. The first-order valence-corrected chi connectivity index (χ1v) is 5.87. The molecule has 0 unspecified atom stereocenters. The van der Waals surface area contributed by atoms with Gasteiger partial charge in [0.05, 0.1) is 0 Å². The zero-order chi connectivity index (χ0) is 14.0. The maximum atomic E-state index is 13.5. The van der Waals surface area contributed by atoms with Gasteiger partial charge in [0.2, 0.25) is 5.82 Å². The lowest BCUT2D eigenvalue weighted by Crippen LogP contribution is -1.95. The molecule has 98 valence electrons. The number of aldehydes is 1. The van der Waals surface area contributed by atoms with Crippen LogP contribution >= 0.6 is 15.9 Å². The van der Waals surface area contributed by atoms with Crippen LogP contribution in [0.3, 0.4) is 0 Å². The lowest BCUT2D eigenvalue weighted by molar-refractivity contribution is 0.112. The average molecular weight is 331 g/mol. The largest absolute Gasteiger partial charge is 0.451 e. The number of carbonyl (C=O) groups is 1. The smallest absolute Gasteiger partial charge is 0.201 e. The molecule has 0 amide bonds. The van der Waals surface area contributed by atoms with Crippen LogP contribution in [-0.2, 0) is 0 Å². The second-order valence-electron chi connectivity index (χ2n) is 3.61. The Kier molecular flexibility index (Phi) is 3.90.